The lowest BCUT2D eigenvalue weighted by Gasteiger charge is -2.50. The summed E-state index contributed by atoms with van der Waals surface area (Å²) in [5, 5.41) is 12.1. The molecular weight excluding hydrogens is 274 g/mol. The van der Waals surface area contributed by atoms with E-state index >= 15 is 0 Å². The summed E-state index contributed by atoms with van der Waals surface area (Å²) in [6, 6.07) is 0.0529. The molecule has 0 aromatic rings. The highest BCUT2D eigenvalue weighted by Crippen LogP contribution is 2.46. The van der Waals surface area contributed by atoms with Crippen molar-refractivity contribution in [2.24, 2.45) is 11.3 Å². The number of aliphatic carboxylic acids is 1. The summed E-state index contributed by atoms with van der Waals surface area (Å²) < 4.78 is 10.9. The molecule has 2 aliphatic rings. The number of hydrogen-bond acceptors (Lipinski definition) is 4. The van der Waals surface area contributed by atoms with Crippen LogP contribution < -0.4 is 5.32 Å². The summed E-state index contributed by atoms with van der Waals surface area (Å²) in [6.45, 7) is 4.64. The first-order valence-corrected chi connectivity index (χ1v) is 7.45. The normalized spacial score (nSPS) is 32.5. The molecule has 6 heteroatoms. The van der Waals surface area contributed by atoms with Crippen molar-refractivity contribution >= 4 is 11.9 Å². The van der Waals surface area contributed by atoms with E-state index in [0.29, 0.717) is 32.5 Å². The van der Waals surface area contributed by atoms with E-state index < -0.39 is 11.4 Å². The molecule has 1 aliphatic carbocycles. The number of carbonyl (C=O) groups is 2. The number of methoxy groups -OCH3 is 1. The third kappa shape index (κ3) is 3.55. The van der Waals surface area contributed by atoms with Crippen LogP contribution in [-0.2, 0) is 19.1 Å². The molecule has 1 unspecified atom stereocenters. The number of hydrogen-bond donors (Lipinski definition) is 2. The summed E-state index contributed by atoms with van der Waals surface area (Å²) in [7, 11) is 1.58. The van der Waals surface area contributed by atoms with E-state index in [-0.39, 0.29) is 23.5 Å². The summed E-state index contributed by atoms with van der Waals surface area (Å²) in [5.74, 6) is -1.08. The van der Waals surface area contributed by atoms with Gasteiger partial charge in [-0.25, -0.2) is 0 Å². The Kier molecular flexibility index (Phi) is 4.58. The van der Waals surface area contributed by atoms with Crippen LogP contribution in [0, 0.1) is 11.3 Å². The van der Waals surface area contributed by atoms with Gasteiger partial charge in [0.05, 0.1) is 23.5 Å². The second kappa shape index (κ2) is 5.93. The predicted molar refractivity (Wildman–Crippen MR) is 75.9 cm³/mol. The van der Waals surface area contributed by atoms with E-state index in [1.165, 1.54) is 0 Å². The van der Waals surface area contributed by atoms with E-state index in [0.717, 1.165) is 6.42 Å². The number of rotatable bonds is 5. The van der Waals surface area contributed by atoms with Crippen molar-refractivity contribution in [2.75, 3.05) is 20.3 Å². The summed E-state index contributed by atoms with van der Waals surface area (Å²) >= 11 is 0. The fourth-order valence-corrected chi connectivity index (χ4v) is 3.26. The molecule has 120 valence electrons. The second-order valence-corrected chi connectivity index (χ2v) is 6.95. The van der Waals surface area contributed by atoms with Crippen LogP contribution in [0.1, 0.15) is 39.5 Å². The van der Waals surface area contributed by atoms with Crippen molar-refractivity contribution in [3.8, 4) is 0 Å². The van der Waals surface area contributed by atoms with Gasteiger partial charge in [0.2, 0.25) is 5.91 Å². The summed E-state index contributed by atoms with van der Waals surface area (Å²) in [6.07, 6.45) is 2.58. The first kappa shape index (κ1) is 16.2. The van der Waals surface area contributed by atoms with Crippen LogP contribution in [0.15, 0.2) is 0 Å². The Hall–Kier alpha value is -1.14. The van der Waals surface area contributed by atoms with E-state index in [9.17, 15) is 9.59 Å². The molecule has 0 aromatic carbocycles. The molecule has 2 rings (SSSR count). The van der Waals surface area contributed by atoms with Crippen molar-refractivity contribution in [1.29, 1.82) is 0 Å². The van der Waals surface area contributed by atoms with Gasteiger partial charge < -0.3 is 19.9 Å². The average molecular weight is 299 g/mol. The zero-order valence-electron chi connectivity index (χ0n) is 13.0. The maximum absolute atomic E-state index is 12.3. The second-order valence-electron chi connectivity index (χ2n) is 6.95. The third-order valence-corrected chi connectivity index (χ3v) is 4.53. The van der Waals surface area contributed by atoms with Crippen LogP contribution in [0.2, 0.25) is 0 Å². The lowest BCUT2D eigenvalue weighted by Crippen LogP contribution is -2.57. The standard InChI is InChI=1S/C15H25NO5/c1-14(2,9-20-3)13(19)16-11-4-5-21-15(8-11)6-10(7-15)12(17)18/h10-11H,4-9H2,1-3H3,(H,16,19)(H,17,18). The van der Waals surface area contributed by atoms with Gasteiger partial charge in [0.15, 0.2) is 0 Å². The maximum Gasteiger partial charge on any atom is 0.306 e. The Balaban J connectivity index is 1.88. The quantitative estimate of drug-likeness (QED) is 0.796. The Bertz CT molecular complexity index is 414. The predicted octanol–water partition coefficient (Wildman–Crippen LogP) is 1.19. The number of carboxylic acid groups (broad SMARTS) is 1. The van der Waals surface area contributed by atoms with E-state index in [2.05, 4.69) is 5.32 Å². The molecule has 0 bridgehead atoms. The van der Waals surface area contributed by atoms with Crippen LogP contribution in [0.25, 0.3) is 0 Å². The number of ether oxygens (including phenoxy) is 2. The van der Waals surface area contributed by atoms with Gasteiger partial charge in [0.1, 0.15) is 0 Å². The van der Waals surface area contributed by atoms with Gasteiger partial charge in [-0.05, 0) is 39.5 Å². The Morgan fingerprint density at radius 3 is 2.62 bits per heavy atom. The SMILES string of the molecule is COCC(C)(C)C(=O)NC1CCOC2(C1)CC(C(=O)O)C2. The third-order valence-electron chi connectivity index (χ3n) is 4.53. The molecule has 2 fully saturated rings. The van der Waals surface area contributed by atoms with Gasteiger partial charge in [0, 0.05) is 19.8 Å². The molecule has 1 heterocycles. The van der Waals surface area contributed by atoms with Crippen LogP contribution in [0.5, 0.6) is 0 Å². The topological polar surface area (TPSA) is 84.9 Å². The lowest BCUT2D eigenvalue weighted by atomic mass is 9.66. The summed E-state index contributed by atoms with van der Waals surface area (Å²) in [5.41, 5.74) is -0.909. The first-order valence-electron chi connectivity index (χ1n) is 7.45. The Morgan fingerprint density at radius 1 is 1.38 bits per heavy atom. The average Bonchev–Trinajstić information content (AvgIpc) is 2.35. The largest absolute Gasteiger partial charge is 0.481 e. The van der Waals surface area contributed by atoms with E-state index in [1.807, 2.05) is 13.8 Å². The summed E-state index contributed by atoms with van der Waals surface area (Å²) in [4.78, 5) is 23.2. The molecule has 1 aliphatic heterocycles. The number of nitrogens with one attached hydrogen (secondary N) is 1. The van der Waals surface area contributed by atoms with Crippen molar-refractivity contribution in [3.05, 3.63) is 0 Å². The molecule has 2 N–H and O–H groups in total. The number of carbonyl (C=O) groups excluding carboxylic acids is 1. The van der Waals surface area contributed by atoms with Crippen LogP contribution >= 0.6 is 0 Å². The molecule has 1 saturated carbocycles. The zero-order chi connectivity index (χ0) is 15.7. The van der Waals surface area contributed by atoms with Crippen molar-refractivity contribution < 1.29 is 24.2 Å². The van der Waals surface area contributed by atoms with E-state index in [1.54, 1.807) is 7.11 Å². The molecule has 21 heavy (non-hydrogen) atoms. The Morgan fingerprint density at radius 2 is 2.05 bits per heavy atom. The monoisotopic (exact) mass is 299 g/mol. The highest BCUT2D eigenvalue weighted by molar-refractivity contribution is 5.82. The van der Waals surface area contributed by atoms with Crippen molar-refractivity contribution in [3.63, 3.8) is 0 Å². The zero-order valence-corrected chi connectivity index (χ0v) is 13.0. The van der Waals surface area contributed by atoms with Crippen molar-refractivity contribution in [2.45, 2.75) is 51.2 Å². The molecule has 1 spiro atoms. The Labute approximate surface area is 125 Å². The molecule has 0 radical (unpaired) electrons. The van der Waals surface area contributed by atoms with Gasteiger partial charge in [0.25, 0.3) is 0 Å². The number of amides is 1. The fraction of sp³-hybridized carbons (Fsp3) is 0.867. The minimum absolute atomic E-state index is 0.0273. The first-order chi connectivity index (χ1) is 9.78. The van der Waals surface area contributed by atoms with Gasteiger partial charge in [-0.2, -0.15) is 0 Å². The van der Waals surface area contributed by atoms with Crippen molar-refractivity contribution in [1.82, 2.24) is 5.32 Å². The van der Waals surface area contributed by atoms with E-state index in [4.69, 9.17) is 14.6 Å². The fourth-order valence-electron chi connectivity index (χ4n) is 3.26. The molecule has 1 saturated heterocycles. The van der Waals surface area contributed by atoms with Crippen LogP contribution in [-0.4, -0.2) is 48.9 Å². The maximum atomic E-state index is 12.3. The molecule has 6 nitrogen and oxygen atoms in total. The smallest absolute Gasteiger partial charge is 0.306 e. The van der Waals surface area contributed by atoms with Gasteiger partial charge in [-0.15, -0.1) is 0 Å². The molecule has 0 aromatic heterocycles. The molecule has 1 amide bonds. The van der Waals surface area contributed by atoms with Crippen LogP contribution in [0.3, 0.4) is 0 Å². The van der Waals surface area contributed by atoms with Gasteiger partial charge >= 0.3 is 5.97 Å². The highest BCUT2D eigenvalue weighted by atomic mass is 16.5. The number of carboxylic acids is 1. The van der Waals surface area contributed by atoms with Gasteiger partial charge in [-0.3, -0.25) is 9.59 Å². The molecular formula is C15H25NO5. The lowest BCUT2D eigenvalue weighted by molar-refractivity contribution is -0.182. The minimum atomic E-state index is -0.753. The molecule has 1 atom stereocenters. The minimum Gasteiger partial charge on any atom is -0.481 e. The van der Waals surface area contributed by atoms with Gasteiger partial charge in [-0.1, -0.05) is 0 Å². The van der Waals surface area contributed by atoms with Crippen LogP contribution in [0.4, 0.5) is 0 Å². The highest BCUT2D eigenvalue weighted by Gasteiger charge is 2.51.